The molecular weight excluding hydrogens is 196 g/mol. The molecule has 0 aliphatic heterocycles. The van der Waals surface area contributed by atoms with Gasteiger partial charge in [-0.15, -0.1) is 0 Å². The molecule has 0 amide bonds. The monoisotopic (exact) mass is 220 g/mol. The van der Waals surface area contributed by atoms with E-state index >= 15 is 0 Å². The number of likely N-dealkylation sites (N-methyl/N-ethyl adjacent to an activating group) is 1. The third-order valence-electron chi connectivity index (χ3n) is 2.87. The van der Waals surface area contributed by atoms with Crippen molar-refractivity contribution >= 4 is 0 Å². The van der Waals surface area contributed by atoms with E-state index in [1.807, 2.05) is 0 Å². The van der Waals surface area contributed by atoms with E-state index in [4.69, 9.17) is 5.73 Å². The zero-order valence-corrected chi connectivity index (χ0v) is 10.9. The highest BCUT2D eigenvalue weighted by molar-refractivity contribution is 5.29. The second-order valence-electron chi connectivity index (χ2n) is 5.22. The third-order valence-corrected chi connectivity index (χ3v) is 2.87. The largest absolute Gasteiger partial charge is 0.329 e. The molecule has 1 rings (SSSR count). The first-order chi connectivity index (χ1) is 7.49. The molecule has 0 saturated heterocycles. The Hall–Kier alpha value is -0.860. The van der Waals surface area contributed by atoms with E-state index < -0.39 is 0 Å². The highest BCUT2D eigenvalue weighted by Gasteiger charge is 2.14. The Bertz CT molecular complexity index is 309. The molecule has 16 heavy (non-hydrogen) atoms. The first-order valence-corrected chi connectivity index (χ1v) is 6.03. The molecule has 0 aromatic heterocycles. The first-order valence-electron chi connectivity index (χ1n) is 6.03. The second-order valence-corrected chi connectivity index (χ2v) is 5.22. The molecule has 2 heteroatoms. The summed E-state index contributed by atoms with van der Waals surface area (Å²) in [6, 6.07) is 9.05. The number of hydrogen-bond donors (Lipinski definition) is 2. The predicted molar refractivity (Wildman–Crippen MR) is 70.6 cm³/mol. The lowest BCUT2D eigenvalue weighted by Gasteiger charge is -2.21. The molecule has 1 aromatic rings. The van der Waals surface area contributed by atoms with E-state index in [2.05, 4.69) is 57.3 Å². The van der Waals surface area contributed by atoms with Crippen LogP contribution in [0.4, 0.5) is 0 Å². The van der Waals surface area contributed by atoms with Crippen LogP contribution in [-0.2, 0) is 5.41 Å². The average Bonchev–Trinajstić information content (AvgIpc) is 2.25. The van der Waals surface area contributed by atoms with Crippen LogP contribution in [0.15, 0.2) is 24.3 Å². The van der Waals surface area contributed by atoms with Gasteiger partial charge in [0.1, 0.15) is 0 Å². The summed E-state index contributed by atoms with van der Waals surface area (Å²) < 4.78 is 0. The van der Waals surface area contributed by atoms with E-state index in [1.165, 1.54) is 11.1 Å². The first kappa shape index (κ1) is 13.2. The maximum Gasteiger partial charge on any atom is 0.0444 e. The lowest BCUT2D eigenvalue weighted by Crippen LogP contribution is -2.28. The minimum Gasteiger partial charge on any atom is -0.329 e. The van der Waals surface area contributed by atoms with Crippen LogP contribution in [0.5, 0.6) is 0 Å². The number of rotatable bonds is 4. The Balaban J connectivity index is 2.85. The van der Waals surface area contributed by atoms with Gasteiger partial charge in [0, 0.05) is 12.6 Å². The molecule has 2 nitrogen and oxygen atoms in total. The summed E-state index contributed by atoms with van der Waals surface area (Å²) in [4.78, 5) is 0. The zero-order valence-electron chi connectivity index (χ0n) is 10.9. The Labute approximate surface area is 99.2 Å². The van der Waals surface area contributed by atoms with Crippen LogP contribution in [-0.4, -0.2) is 13.1 Å². The van der Waals surface area contributed by atoms with Gasteiger partial charge in [-0.1, -0.05) is 52.0 Å². The Morgan fingerprint density at radius 2 is 1.75 bits per heavy atom. The summed E-state index contributed by atoms with van der Waals surface area (Å²) in [5, 5.41) is 3.38. The summed E-state index contributed by atoms with van der Waals surface area (Å²) >= 11 is 0. The topological polar surface area (TPSA) is 38.0 Å². The van der Waals surface area contributed by atoms with Gasteiger partial charge in [0.25, 0.3) is 0 Å². The average molecular weight is 220 g/mol. The Morgan fingerprint density at radius 1 is 1.19 bits per heavy atom. The highest BCUT2D eigenvalue weighted by atomic mass is 14.9. The van der Waals surface area contributed by atoms with E-state index in [0.29, 0.717) is 6.54 Å². The molecule has 90 valence electrons. The van der Waals surface area contributed by atoms with E-state index in [1.54, 1.807) is 0 Å². The van der Waals surface area contributed by atoms with Crippen molar-refractivity contribution in [3.05, 3.63) is 35.4 Å². The third kappa shape index (κ3) is 3.32. The van der Waals surface area contributed by atoms with Crippen molar-refractivity contribution in [2.75, 3.05) is 13.1 Å². The molecular formula is C14H24N2. The maximum absolute atomic E-state index is 5.75. The lowest BCUT2D eigenvalue weighted by molar-refractivity contribution is 0.558. The van der Waals surface area contributed by atoms with E-state index in [9.17, 15) is 0 Å². The van der Waals surface area contributed by atoms with Crippen LogP contribution in [0, 0.1) is 0 Å². The molecule has 0 radical (unpaired) electrons. The number of benzene rings is 1. The Morgan fingerprint density at radius 3 is 2.12 bits per heavy atom. The molecule has 0 heterocycles. The quantitative estimate of drug-likeness (QED) is 0.818. The van der Waals surface area contributed by atoms with Crippen molar-refractivity contribution in [2.24, 2.45) is 5.73 Å². The van der Waals surface area contributed by atoms with Crippen LogP contribution in [0.1, 0.15) is 44.9 Å². The van der Waals surface area contributed by atoms with Gasteiger partial charge in [-0.2, -0.15) is 0 Å². The van der Waals surface area contributed by atoms with Gasteiger partial charge in [0.2, 0.25) is 0 Å². The van der Waals surface area contributed by atoms with Gasteiger partial charge in [-0.3, -0.25) is 0 Å². The molecule has 0 bridgehead atoms. The summed E-state index contributed by atoms with van der Waals surface area (Å²) in [6.07, 6.45) is 0. The van der Waals surface area contributed by atoms with Gasteiger partial charge >= 0.3 is 0 Å². The van der Waals surface area contributed by atoms with Crippen molar-refractivity contribution in [1.29, 1.82) is 0 Å². The van der Waals surface area contributed by atoms with Gasteiger partial charge in [-0.25, -0.2) is 0 Å². The van der Waals surface area contributed by atoms with Crippen LogP contribution in [0.2, 0.25) is 0 Å². The fourth-order valence-corrected chi connectivity index (χ4v) is 1.80. The van der Waals surface area contributed by atoms with Crippen molar-refractivity contribution in [3.63, 3.8) is 0 Å². The molecule has 0 aliphatic carbocycles. The standard InChI is InChI=1S/C14H24N2/c1-5-16-13(10-15)11-6-8-12(9-7-11)14(2,3)4/h6-9,13,16H,5,10,15H2,1-4H3. The molecule has 3 N–H and O–H groups in total. The number of nitrogens with one attached hydrogen (secondary N) is 1. The van der Waals surface area contributed by atoms with Gasteiger partial charge in [-0.05, 0) is 23.1 Å². The molecule has 0 spiro atoms. The SMILES string of the molecule is CCNC(CN)c1ccc(C(C)(C)C)cc1. The van der Waals surface area contributed by atoms with Crippen molar-refractivity contribution in [3.8, 4) is 0 Å². The van der Waals surface area contributed by atoms with Crippen LogP contribution >= 0.6 is 0 Å². The van der Waals surface area contributed by atoms with Crippen LogP contribution in [0.25, 0.3) is 0 Å². The fraction of sp³-hybridized carbons (Fsp3) is 0.571. The molecule has 0 saturated carbocycles. The molecule has 1 atom stereocenters. The van der Waals surface area contributed by atoms with Crippen LogP contribution < -0.4 is 11.1 Å². The summed E-state index contributed by atoms with van der Waals surface area (Å²) in [6.45, 7) is 10.4. The normalized spacial score (nSPS) is 13.8. The van der Waals surface area contributed by atoms with Gasteiger partial charge in [0.15, 0.2) is 0 Å². The number of hydrogen-bond acceptors (Lipinski definition) is 2. The zero-order chi connectivity index (χ0) is 12.2. The minimum absolute atomic E-state index is 0.217. The molecule has 0 aliphatic rings. The smallest absolute Gasteiger partial charge is 0.0444 e. The van der Waals surface area contributed by atoms with Crippen LogP contribution in [0.3, 0.4) is 0 Å². The summed E-state index contributed by atoms with van der Waals surface area (Å²) in [5.41, 5.74) is 8.61. The Kier molecular flexibility index (Phi) is 4.51. The van der Waals surface area contributed by atoms with Gasteiger partial charge < -0.3 is 11.1 Å². The van der Waals surface area contributed by atoms with Crippen molar-refractivity contribution in [1.82, 2.24) is 5.32 Å². The number of nitrogens with two attached hydrogens (primary N) is 1. The lowest BCUT2D eigenvalue weighted by atomic mass is 9.86. The maximum atomic E-state index is 5.75. The molecule has 0 fully saturated rings. The summed E-state index contributed by atoms with van der Waals surface area (Å²) in [7, 11) is 0. The predicted octanol–water partition coefficient (Wildman–Crippen LogP) is 2.59. The van der Waals surface area contributed by atoms with Crippen molar-refractivity contribution < 1.29 is 0 Å². The fourth-order valence-electron chi connectivity index (χ4n) is 1.80. The highest BCUT2D eigenvalue weighted by Crippen LogP contribution is 2.23. The van der Waals surface area contributed by atoms with Gasteiger partial charge in [0.05, 0.1) is 0 Å². The van der Waals surface area contributed by atoms with E-state index in [-0.39, 0.29) is 11.5 Å². The minimum atomic E-state index is 0.217. The summed E-state index contributed by atoms with van der Waals surface area (Å²) in [5.74, 6) is 0. The molecule has 1 aromatic carbocycles. The van der Waals surface area contributed by atoms with Crippen molar-refractivity contribution in [2.45, 2.75) is 39.2 Å². The molecule has 1 unspecified atom stereocenters. The van der Waals surface area contributed by atoms with E-state index in [0.717, 1.165) is 6.54 Å². The second kappa shape index (κ2) is 5.46.